The van der Waals surface area contributed by atoms with Crippen molar-refractivity contribution in [2.75, 3.05) is 6.61 Å². The van der Waals surface area contributed by atoms with Crippen molar-refractivity contribution in [3.63, 3.8) is 0 Å². The van der Waals surface area contributed by atoms with Crippen molar-refractivity contribution in [3.8, 4) is 5.06 Å². The molecule has 1 atom stereocenters. The van der Waals surface area contributed by atoms with Crippen LogP contribution in [0.2, 0.25) is 0 Å². The van der Waals surface area contributed by atoms with E-state index in [1.807, 2.05) is 6.07 Å². The standard InChI is InChI=1S/C11H16O2S/c1-3-4-9(2)8-13-11-6-5-10(7-12)14-11/h5-7,9H,3-4,8H2,1-2H3. The second-order valence-corrected chi connectivity index (χ2v) is 4.56. The summed E-state index contributed by atoms with van der Waals surface area (Å²) in [5.41, 5.74) is 0. The maximum absolute atomic E-state index is 10.4. The lowest BCUT2D eigenvalue weighted by molar-refractivity contribution is 0.112. The van der Waals surface area contributed by atoms with Crippen molar-refractivity contribution < 1.29 is 9.53 Å². The van der Waals surface area contributed by atoms with Gasteiger partial charge in [-0.15, -0.1) is 0 Å². The predicted octanol–water partition coefficient (Wildman–Crippen LogP) is 3.38. The van der Waals surface area contributed by atoms with Crippen LogP contribution in [0.1, 0.15) is 36.4 Å². The molecule has 0 aliphatic rings. The predicted molar refractivity (Wildman–Crippen MR) is 59.3 cm³/mol. The largest absolute Gasteiger partial charge is 0.484 e. The number of carbonyl (C=O) groups excluding carboxylic acids is 1. The molecule has 0 spiro atoms. The fourth-order valence-electron chi connectivity index (χ4n) is 1.28. The van der Waals surface area contributed by atoms with Crippen LogP contribution in [0.5, 0.6) is 5.06 Å². The highest BCUT2D eigenvalue weighted by molar-refractivity contribution is 7.15. The summed E-state index contributed by atoms with van der Waals surface area (Å²) >= 11 is 1.40. The van der Waals surface area contributed by atoms with E-state index >= 15 is 0 Å². The number of aldehydes is 1. The molecule has 1 aromatic rings. The Labute approximate surface area is 88.9 Å². The lowest BCUT2D eigenvalue weighted by atomic mass is 10.1. The summed E-state index contributed by atoms with van der Waals surface area (Å²) in [5, 5.41) is 0.843. The van der Waals surface area contributed by atoms with E-state index in [0.717, 1.165) is 22.8 Å². The highest BCUT2D eigenvalue weighted by Crippen LogP contribution is 2.23. The maximum Gasteiger partial charge on any atom is 0.174 e. The highest BCUT2D eigenvalue weighted by atomic mass is 32.1. The Hall–Kier alpha value is -0.830. The molecule has 0 aliphatic heterocycles. The van der Waals surface area contributed by atoms with E-state index in [1.165, 1.54) is 24.2 Å². The van der Waals surface area contributed by atoms with E-state index < -0.39 is 0 Å². The average Bonchev–Trinajstić information content (AvgIpc) is 2.63. The topological polar surface area (TPSA) is 26.3 Å². The van der Waals surface area contributed by atoms with Crippen LogP contribution in [0.4, 0.5) is 0 Å². The van der Waals surface area contributed by atoms with Crippen molar-refractivity contribution >= 4 is 17.6 Å². The first kappa shape index (κ1) is 11.2. The number of carbonyl (C=O) groups is 1. The van der Waals surface area contributed by atoms with Gasteiger partial charge in [0.05, 0.1) is 11.5 Å². The first-order valence-electron chi connectivity index (χ1n) is 4.94. The van der Waals surface area contributed by atoms with Crippen molar-refractivity contribution in [1.29, 1.82) is 0 Å². The molecule has 0 N–H and O–H groups in total. The number of hydrogen-bond acceptors (Lipinski definition) is 3. The van der Waals surface area contributed by atoms with E-state index in [-0.39, 0.29) is 0 Å². The quantitative estimate of drug-likeness (QED) is 0.676. The third-order valence-corrected chi connectivity index (χ3v) is 2.93. The van der Waals surface area contributed by atoms with Crippen molar-refractivity contribution in [2.45, 2.75) is 26.7 Å². The van der Waals surface area contributed by atoms with Crippen LogP contribution < -0.4 is 4.74 Å². The van der Waals surface area contributed by atoms with Gasteiger partial charge < -0.3 is 4.74 Å². The highest BCUT2D eigenvalue weighted by Gasteiger charge is 2.04. The minimum atomic E-state index is 0.585. The van der Waals surface area contributed by atoms with E-state index in [4.69, 9.17) is 4.74 Å². The Bertz CT molecular complexity index is 281. The van der Waals surface area contributed by atoms with Crippen LogP contribution >= 0.6 is 11.3 Å². The zero-order valence-electron chi connectivity index (χ0n) is 8.66. The molecule has 0 amide bonds. The second kappa shape index (κ2) is 5.81. The average molecular weight is 212 g/mol. The lowest BCUT2D eigenvalue weighted by Crippen LogP contribution is -2.07. The van der Waals surface area contributed by atoms with E-state index in [1.54, 1.807) is 6.07 Å². The molecule has 1 heterocycles. The summed E-state index contributed by atoms with van der Waals surface area (Å²) in [6.07, 6.45) is 3.23. The molecule has 0 saturated carbocycles. The van der Waals surface area contributed by atoms with E-state index in [9.17, 15) is 4.79 Å². The Morgan fingerprint density at radius 1 is 1.57 bits per heavy atom. The smallest absolute Gasteiger partial charge is 0.174 e. The van der Waals surface area contributed by atoms with Gasteiger partial charge in [-0.05, 0) is 24.5 Å². The molecule has 0 radical (unpaired) electrons. The SMILES string of the molecule is CCCC(C)COc1ccc(C=O)s1. The molecule has 1 aromatic heterocycles. The molecule has 1 rings (SSSR count). The van der Waals surface area contributed by atoms with Crippen LogP contribution in [0.25, 0.3) is 0 Å². The van der Waals surface area contributed by atoms with Crippen molar-refractivity contribution in [3.05, 3.63) is 17.0 Å². The van der Waals surface area contributed by atoms with Gasteiger partial charge in [0.15, 0.2) is 11.3 Å². The Morgan fingerprint density at radius 2 is 2.36 bits per heavy atom. The van der Waals surface area contributed by atoms with Crippen LogP contribution in [0, 0.1) is 5.92 Å². The summed E-state index contributed by atoms with van der Waals surface area (Å²) in [7, 11) is 0. The van der Waals surface area contributed by atoms with Crippen LogP contribution in [-0.2, 0) is 0 Å². The van der Waals surface area contributed by atoms with Gasteiger partial charge in [0.2, 0.25) is 0 Å². The van der Waals surface area contributed by atoms with E-state index in [2.05, 4.69) is 13.8 Å². The summed E-state index contributed by atoms with van der Waals surface area (Å²) in [4.78, 5) is 11.1. The van der Waals surface area contributed by atoms with Gasteiger partial charge in [-0.25, -0.2) is 0 Å². The molecule has 2 nitrogen and oxygen atoms in total. The fraction of sp³-hybridized carbons (Fsp3) is 0.545. The zero-order chi connectivity index (χ0) is 10.4. The molecule has 0 saturated heterocycles. The zero-order valence-corrected chi connectivity index (χ0v) is 9.47. The number of thiophene rings is 1. The fourth-order valence-corrected chi connectivity index (χ4v) is 1.96. The molecule has 0 aromatic carbocycles. The first-order chi connectivity index (χ1) is 6.76. The molecule has 1 unspecified atom stereocenters. The minimum Gasteiger partial charge on any atom is -0.484 e. The minimum absolute atomic E-state index is 0.585. The molecule has 0 aliphatic carbocycles. The molecular formula is C11H16O2S. The summed E-state index contributed by atoms with van der Waals surface area (Å²) in [5.74, 6) is 0.585. The molecule has 3 heteroatoms. The van der Waals surface area contributed by atoms with Gasteiger partial charge >= 0.3 is 0 Å². The first-order valence-corrected chi connectivity index (χ1v) is 5.75. The van der Waals surface area contributed by atoms with Crippen LogP contribution in [0.3, 0.4) is 0 Å². The lowest BCUT2D eigenvalue weighted by Gasteiger charge is -2.09. The second-order valence-electron chi connectivity index (χ2n) is 3.48. The normalized spacial score (nSPS) is 12.4. The van der Waals surface area contributed by atoms with Crippen LogP contribution in [0.15, 0.2) is 12.1 Å². The monoisotopic (exact) mass is 212 g/mol. The molecule has 0 fully saturated rings. The molecular weight excluding hydrogens is 196 g/mol. The van der Waals surface area contributed by atoms with Crippen molar-refractivity contribution in [1.82, 2.24) is 0 Å². The third kappa shape index (κ3) is 3.50. The van der Waals surface area contributed by atoms with Gasteiger partial charge in [0, 0.05) is 0 Å². The van der Waals surface area contributed by atoms with Gasteiger partial charge in [-0.2, -0.15) is 0 Å². The Kier molecular flexibility index (Phi) is 4.66. The number of ether oxygens (including phenoxy) is 1. The Morgan fingerprint density at radius 3 is 2.93 bits per heavy atom. The summed E-state index contributed by atoms with van der Waals surface area (Å²) in [6.45, 7) is 5.09. The van der Waals surface area contributed by atoms with E-state index in [0.29, 0.717) is 5.92 Å². The van der Waals surface area contributed by atoms with Crippen LogP contribution in [-0.4, -0.2) is 12.9 Å². The molecule has 0 bridgehead atoms. The maximum atomic E-state index is 10.4. The van der Waals surface area contributed by atoms with Crippen molar-refractivity contribution in [2.24, 2.45) is 5.92 Å². The number of rotatable bonds is 6. The third-order valence-electron chi connectivity index (χ3n) is 2.01. The number of hydrogen-bond donors (Lipinski definition) is 0. The van der Waals surface area contributed by atoms with Gasteiger partial charge in [-0.3, -0.25) is 4.79 Å². The van der Waals surface area contributed by atoms with Gasteiger partial charge in [0.25, 0.3) is 0 Å². The summed E-state index contributed by atoms with van der Waals surface area (Å²) in [6, 6.07) is 3.64. The molecule has 14 heavy (non-hydrogen) atoms. The molecule has 78 valence electrons. The van der Waals surface area contributed by atoms with Gasteiger partial charge in [0.1, 0.15) is 0 Å². The van der Waals surface area contributed by atoms with Gasteiger partial charge in [-0.1, -0.05) is 31.6 Å². The summed E-state index contributed by atoms with van der Waals surface area (Å²) < 4.78 is 5.56. The Balaban J connectivity index is 2.33.